The van der Waals surface area contributed by atoms with Crippen molar-refractivity contribution in [3.8, 4) is 11.4 Å². The molecule has 1 aliphatic heterocycles. The van der Waals surface area contributed by atoms with Crippen molar-refractivity contribution < 1.29 is 13.7 Å². The normalized spacial score (nSPS) is 16.5. The average Bonchev–Trinajstić information content (AvgIpc) is 3.28. The largest absolute Gasteiger partial charge is 0.355 e. The molecule has 0 radical (unpaired) electrons. The average molecular weight is 409 g/mol. The van der Waals surface area contributed by atoms with Gasteiger partial charge in [-0.15, -0.1) is 0 Å². The smallest absolute Gasteiger partial charge is 0.226 e. The van der Waals surface area contributed by atoms with E-state index in [1.165, 1.54) is 12.1 Å². The lowest BCUT2D eigenvalue weighted by atomic mass is 9.96. The van der Waals surface area contributed by atoms with Gasteiger partial charge >= 0.3 is 0 Å². The van der Waals surface area contributed by atoms with Crippen LogP contribution in [-0.4, -0.2) is 34.1 Å². The molecule has 7 nitrogen and oxygen atoms in total. The van der Waals surface area contributed by atoms with Gasteiger partial charge < -0.3 is 14.7 Å². The second kappa shape index (κ2) is 9.02. The fourth-order valence-corrected chi connectivity index (χ4v) is 3.65. The zero-order valence-electron chi connectivity index (χ0n) is 16.8. The molecule has 3 heterocycles. The van der Waals surface area contributed by atoms with E-state index >= 15 is 0 Å². The van der Waals surface area contributed by atoms with E-state index in [1.54, 1.807) is 18.3 Å². The third-order valence-corrected chi connectivity index (χ3v) is 5.27. The maximum Gasteiger partial charge on any atom is 0.226 e. The van der Waals surface area contributed by atoms with E-state index in [0.717, 1.165) is 36.3 Å². The zero-order valence-corrected chi connectivity index (χ0v) is 16.8. The number of carbonyl (C=O) groups excluding carboxylic acids is 1. The number of halogens is 1. The Morgan fingerprint density at radius 2 is 2.13 bits per heavy atom. The molecule has 0 aliphatic carbocycles. The third-order valence-electron chi connectivity index (χ3n) is 5.27. The van der Waals surface area contributed by atoms with Gasteiger partial charge in [-0.05, 0) is 42.7 Å². The summed E-state index contributed by atoms with van der Waals surface area (Å²) in [6, 6.07) is 9.92. The van der Waals surface area contributed by atoms with Gasteiger partial charge in [-0.25, -0.2) is 9.37 Å². The van der Waals surface area contributed by atoms with Crippen LogP contribution in [0.3, 0.4) is 0 Å². The molecule has 8 heteroatoms. The van der Waals surface area contributed by atoms with Crippen molar-refractivity contribution in [1.29, 1.82) is 0 Å². The second-order valence-electron chi connectivity index (χ2n) is 7.37. The van der Waals surface area contributed by atoms with E-state index in [0.29, 0.717) is 31.2 Å². The SMILES string of the molecule is CCc1nc(-c2cccnc2N2CCCC(C(=O)NCc3ccc(F)cc3)C2)no1. The standard InChI is InChI=1S/C22H24FN5O2/c1-2-19-26-20(27-30-19)18-6-3-11-24-21(18)28-12-4-5-16(14-28)22(29)25-13-15-7-9-17(23)10-8-15/h3,6-11,16H,2,4-5,12-14H2,1H3,(H,25,29). The Hall–Kier alpha value is -3.29. The minimum absolute atomic E-state index is 0.00524. The molecule has 1 fully saturated rings. The predicted molar refractivity (Wildman–Crippen MR) is 110 cm³/mol. The Bertz CT molecular complexity index is 1000. The number of hydrogen-bond acceptors (Lipinski definition) is 6. The molecule has 30 heavy (non-hydrogen) atoms. The molecule has 0 saturated carbocycles. The number of anilines is 1. The Balaban J connectivity index is 1.45. The van der Waals surface area contributed by atoms with Crippen molar-refractivity contribution in [3.05, 3.63) is 59.9 Å². The van der Waals surface area contributed by atoms with Crippen molar-refractivity contribution in [1.82, 2.24) is 20.4 Å². The molecule has 1 aliphatic rings. The van der Waals surface area contributed by atoms with E-state index in [-0.39, 0.29) is 17.6 Å². The number of pyridine rings is 1. The number of nitrogens with zero attached hydrogens (tertiary/aromatic N) is 4. The van der Waals surface area contributed by atoms with Crippen molar-refractivity contribution in [2.45, 2.75) is 32.7 Å². The minimum atomic E-state index is -0.285. The van der Waals surface area contributed by atoms with E-state index < -0.39 is 0 Å². The molecular weight excluding hydrogens is 385 g/mol. The maximum atomic E-state index is 13.0. The van der Waals surface area contributed by atoms with E-state index in [2.05, 4.69) is 25.3 Å². The number of amides is 1. The summed E-state index contributed by atoms with van der Waals surface area (Å²) < 4.78 is 18.3. The molecule has 1 amide bonds. The summed E-state index contributed by atoms with van der Waals surface area (Å²) in [5.41, 5.74) is 1.67. The van der Waals surface area contributed by atoms with E-state index in [4.69, 9.17) is 4.52 Å². The summed E-state index contributed by atoms with van der Waals surface area (Å²) >= 11 is 0. The number of piperidine rings is 1. The number of benzene rings is 1. The Kier molecular flexibility index (Phi) is 6.02. The number of hydrogen-bond donors (Lipinski definition) is 1. The molecule has 2 aromatic heterocycles. The van der Waals surface area contributed by atoms with Crippen LogP contribution in [0.25, 0.3) is 11.4 Å². The Labute approximate surface area is 174 Å². The lowest BCUT2D eigenvalue weighted by Gasteiger charge is -2.33. The first-order valence-corrected chi connectivity index (χ1v) is 10.2. The second-order valence-corrected chi connectivity index (χ2v) is 7.37. The Morgan fingerprint density at radius 1 is 1.30 bits per heavy atom. The van der Waals surface area contributed by atoms with Crippen LogP contribution in [-0.2, 0) is 17.8 Å². The molecule has 1 N–H and O–H groups in total. The van der Waals surface area contributed by atoms with Crippen LogP contribution < -0.4 is 10.2 Å². The summed E-state index contributed by atoms with van der Waals surface area (Å²) in [6.45, 7) is 3.72. The molecule has 1 atom stereocenters. The number of nitrogens with one attached hydrogen (secondary N) is 1. The van der Waals surface area contributed by atoms with Crippen LogP contribution in [0.1, 0.15) is 31.2 Å². The number of rotatable bonds is 6. The maximum absolute atomic E-state index is 13.0. The highest BCUT2D eigenvalue weighted by Gasteiger charge is 2.28. The minimum Gasteiger partial charge on any atom is -0.355 e. The van der Waals surface area contributed by atoms with Crippen molar-refractivity contribution in [2.24, 2.45) is 5.92 Å². The molecule has 3 aromatic rings. The van der Waals surface area contributed by atoms with Gasteiger partial charge in [0.05, 0.1) is 11.5 Å². The summed E-state index contributed by atoms with van der Waals surface area (Å²) in [5, 5.41) is 7.05. The van der Waals surface area contributed by atoms with Gasteiger partial charge in [0.1, 0.15) is 11.6 Å². The van der Waals surface area contributed by atoms with Crippen LogP contribution in [0.5, 0.6) is 0 Å². The highest BCUT2D eigenvalue weighted by atomic mass is 19.1. The monoisotopic (exact) mass is 409 g/mol. The van der Waals surface area contributed by atoms with Crippen molar-refractivity contribution in [2.75, 3.05) is 18.0 Å². The summed E-state index contributed by atoms with van der Waals surface area (Å²) in [6.07, 6.45) is 4.10. The summed E-state index contributed by atoms with van der Waals surface area (Å²) in [7, 11) is 0. The fraction of sp³-hybridized carbons (Fsp3) is 0.364. The third kappa shape index (κ3) is 4.48. The van der Waals surface area contributed by atoms with Gasteiger partial charge in [-0.3, -0.25) is 4.79 Å². The van der Waals surface area contributed by atoms with Gasteiger partial charge in [0.15, 0.2) is 0 Å². The van der Waals surface area contributed by atoms with Crippen LogP contribution in [0.2, 0.25) is 0 Å². The number of carbonyl (C=O) groups is 1. The lowest BCUT2D eigenvalue weighted by Crippen LogP contribution is -2.43. The van der Waals surface area contributed by atoms with Crippen LogP contribution >= 0.6 is 0 Å². The Morgan fingerprint density at radius 3 is 2.90 bits per heavy atom. The molecule has 1 aromatic carbocycles. The van der Waals surface area contributed by atoms with Gasteiger partial charge in [0.2, 0.25) is 17.6 Å². The van der Waals surface area contributed by atoms with Crippen LogP contribution in [0, 0.1) is 11.7 Å². The van der Waals surface area contributed by atoms with E-state index in [1.807, 2.05) is 19.1 Å². The van der Waals surface area contributed by atoms with Gasteiger partial charge in [0, 0.05) is 32.3 Å². The fourth-order valence-electron chi connectivity index (χ4n) is 3.65. The highest BCUT2D eigenvalue weighted by Crippen LogP contribution is 2.30. The van der Waals surface area contributed by atoms with Crippen LogP contribution in [0.4, 0.5) is 10.2 Å². The quantitative estimate of drug-likeness (QED) is 0.672. The first-order valence-electron chi connectivity index (χ1n) is 10.2. The number of aryl methyl sites for hydroxylation is 1. The molecule has 1 unspecified atom stereocenters. The lowest BCUT2D eigenvalue weighted by molar-refractivity contribution is -0.125. The molecule has 156 valence electrons. The summed E-state index contributed by atoms with van der Waals surface area (Å²) in [4.78, 5) is 23.8. The van der Waals surface area contributed by atoms with Crippen molar-refractivity contribution >= 4 is 11.7 Å². The van der Waals surface area contributed by atoms with Crippen molar-refractivity contribution in [3.63, 3.8) is 0 Å². The topological polar surface area (TPSA) is 84.2 Å². The van der Waals surface area contributed by atoms with Crippen LogP contribution in [0.15, 0.2) is 47.1 Å². The highest BCUT2D eigenvalue weighted by molar-refractivity contribution is 5.80. The molecular formula is C22H24FN5O2. The molecule has 1 saturated heterocycles. The number of aromatic nitrogens is 3. The summed E-state index contributed by atoms with van der Waals surface area (Å²) in [5.74, 6) is 1.41. The van der Waals surface area contributed by atoms with Gasteiger partial charge in [0.25, 0.3) is 0 Å². The zero-order chi connectivity index (χ0) is 20.9. The van der Waals surface area contributed by atoms with Gasteiger partial charge in [-0.1, -0.05) is 24.2 Å². The first-order chi connectivity index (χ1) is 14.6. The predicted octanol–water partition coefficient (Wildman–Crippen LogP) is 3.37. The van der Waals surface area contributed by atoms with E-state index in [9.17, 15) is 9.18 Å². The molecule has 0 spiro atoms. The van der Waals surface area contributed by atoms with Gasteiger partial charge in [-0.2, -0.15) is 4.98 Å². The molecule has 4 rings (SSSR count). The molecule has 0 bridgehead atoms. The first kappa shape index (κ1) is 20.0.